The lowest BCUT2D eigenvalue weighted by Gasteiger charge is -2.14. The van der Waals surface area contributed by atoms with E-state index >= 15 is 0 Å². The van der Waals surface area contributed by atoms with Crippen molar-refractivity contribution in [2.75, 3.05) is 25.6 Å². The fraction of sp³-hybridized carbons (Fsp3) is 0.290. The quantitative estimate of drug-likeness (QED) is 0.163. The molecule has 3 aromatic rings. The summed E-state index contributed by atoms with van der Waals surface area (Å²) in [4.78, 5) is 53.9. The Morgan fingerprint density at radius 3 is 2.64 bits per heavy atom. The van der Waals surface area contributed by atoms with E-state index in [0.717, 1.165) is 58.3 Å². The number of anilines is 1. The van der Waals surface area contributed by atoms with Gasteiger partial charge in [0.15, 0.2) is 11.5 Å². The summed E-state index contributed by atoms with van der Waals surface area (Å²) in [6.07, 6.45) is 5.04. The lowest BCUT2D eigenvalue weighted by Crippen LogP contribution is -2.36. The van der Waals surface area contributed by atoms with Crippen LogP contribution in [0, 0.1) is 0 Å². The van der Waals surface area contributed by atoms with Gasteiger partial charge in [-0.1, -0.05) is 29.3 Å². The molecule has 45 heavy (non-hydrogen) atoms. The number of halogens is 3. The largest absolute Gasteiger partial charge is 0.493 e. The average Bonchev–Trinajstić information content (AvgIpc) is 3.48. The first-order valence-corrected chi connectivity index (χ1v) is 17.1. The van der Waals surface area contributed by atoms with Crippen molar-refractivity contribution >= 4 is 96.3 Å². The number of benzene rings is 2. The lowest BCUT2D eigenvalue weighted by atomic mass is 9.95. The molecule has 1 aliphatic heterocycles. The first-order valence-electron chi connectivity index (χ1n) is 13.9. The fourth-order valence-electron chi connectivity index (χ4n) is 4.92. The number of ether oxygens (including phenoxy) is 3. The molecule has 14 heteroatoms. The number of thiophene rings is 1. The molecule has 1 aliphatic carbocycles. The molecule has 9 nitrogen and oxygen atoms in total. The summed E-state index contributed by atoms with van der Waals surface area (Å²) in [5, 5.41) is 3.53. The predicted octanol–water partition coefficient (Wildman–Crippen LogP) is 8.14. The third-order valence-corrected chi connectivity index (χ3v) is 10.3. The number of esters is 1. The number of hydrogen-bond donors (Lipinski definition) is 1. The fourth-order valence-corrected chi connectivity index (χ4v) is 8.09. The van der Waals surface area contributed by atoms with Gasteiger partial charge in [0.25, 0.3) is 11.1 Å². The molecule has 5 rings (SSSR count). The van der Waals surface area contributed by atoms with Gasteiger partial charge in [-0.25, -0.2) is 4.79 Å². The molecule has 0 atom stereocenters. The number of carbonyl (C=O) groups is 4. The third kappa shape index (κ3) is 7.52. The summed E-state index contributed by atoms with van der Waals surface area (Å²) in [6, 6.07) is 8.50. The van der Waals surface area contributed by atoms with Crippen LogP contribution < -0.4 is 14.8 Å². The SMILES string of the molecule is CCOC(=O)c1c(NC(=O)CN2C(=O)S/C(=C/c3cc(Br)c(OCc4ccc(Cl)cc4Cl)c(OC)c3)C2=O)sc2c1CCCC2. The second-order valence-corrected chi connectivity index (χ2v) is 13.8. The van der Waals surface area contributed by atoms with Gasteiger partial charge in [0, 0.05) is 20.5 Å². The predicted molar refractivity (Wildman–Crippen MR) is 180 cm³/mol. The number of nitrogens with one attached hydrogen (secondary N) is 1. The minimum absolute atomic E-state index is 0.141. The van der Waals surface area contributed by atoms with Gasteiger partial charge in [0.2, 0.25) is 5.91 Å². The van der Waals surface area contributed by atoms with E-state index in [9.17, 15) is 19.2 Å². The van der Waals surface area contributed by atoms with Crippen molar-refractivity contribution in [2.24, 2.45) is 0 Å². The molecule has 2 aliphatic rings. The van der Waals surface area contributed by atoms with Crippen molar-refractivity contribution in [1.82, 2.24) is 4.90 Å². The molecule has 0 bridgehead atoms. The van der Waals surface area contributed by atoms with E-state index in [4.69, 9.17) is 37.4 Å². The summed E-state index contributed by atoms with van der Waals surface area (Å²) in [6.45, 7) is 1.58. The van der Waals surface area contributed by atoms with Gasteiger partial charge in [0.1, 0.15) is 18.2 Å². The normalized spacial score (nSPS) is 15.3. The Bertz CT molecular complexity index is 1730. The van der Waals surface area contributed by atoms with Crippen molar-refractivity contribution in [3.8, 4) is 11.5 Å². The molecule has 236 valence electrons. The molecule has 1 saturated heterocycles. The molecule has 0 saturated carbocycles. The topological polar surface area (TPSA) is 111 Å². The summed E-state index contributed by atoms with van der Waals surface area (Å²) in [7, 11) is 1.48. The molecule has 2 aromatic carbocycles. The van der Waals surface area contributed by atoms with Crippen LogP contribution in [0.2, 0.25) is 10.0 Å². The Labute approximate surface area is 286 Å². The number of hydrogen-bond acceptors (Lipinski definition) is 9. The highest BCUT2D eigenvalue weighted by atomic mass is 79.9. The van der Waals surface area contributed by atoms with Crippen LogP contribution in [0.25, 0.3) is 6.08 Å². The summed E-state index contributed by atoms with van der Waals surface area (Å²) >= 11 is 17.8. The first-order chi connectivity index (χ1) is 21.6. The van der Waals surface area contributed by atoms with Gasteiger partial charge in [0.05, 0.1) is 28.7 Å². The van der Waals surface area contributed by atoms with E-state index in [0.29, 0.717) is 42.1 Å². The zero-order chi connectivity index (χ0) is 32.2. The average molecular weight is 755 g/mol. The van der Waals surface area contributed by atoms with Crippen LogP contribution in [0.1, 0.15) is 51.7 Å². The number of carbonyl (C=O) groups excluding carboxylic acids is 4. The number of fused-ring (bicyclic) bond motifs is 1. The number of imide groups is 1. The third-order valence-electron chi connectivity index (χ3n) is 7.02. The number of methoxy groups -OCH3 is 1. The summed E-state index contributed by atoms with van der Waals surface area (Å²) in [5.74, 6) is -0.884. The van der Waals surface area contributed by atoms with Crippen LogP contribution in [0.4, 0.5) is 9.80 Å². The second-order valence-electron chi connectivity index (χ2n) is 10.0. The van der Waals surface area contributed by atoms with Gasteiger partial charge < -0.3 is 19.5 Å². The second kappa shape index (κ2) is 14.6. The van der Waals surface area contributed by atoms with E-state index in [-0.39, 0.29) is 18.1 Å². The van der Waals surface area contributed by atoms with Crippen molar-refractivity contribution in [3.05, 3.63) is 76.9 Å². The van der Waals surface area contributed by atoms with Gasteiger partial charge in [-0.15, -0.1) is 11.3 Å². The highest BCUT2D eigenvalue weighted by Gasteiger charge is 2.37. The van der Waals surface area contributed by atoms with E-state index in [1.807, 2.05) is 0 Å². The van der Waals surface area contributed by atoms with Crippen molar-refractivity contribution in [2.45, 2.75) is 39.2 Å². The Hall–Kier alpha value is -3.03. The van der Waals surface area contributed by atoms with E-state index in [1.165, 1.54) is 18.4 Å². The van der Waals surface area contributed by atoms with Crippen molar-refractivity contribution < 1.29 is 33.4 Å². The number of nitrogens with zero attached hydrogens (tertiary/aromatic N) is 1. The van der Waals surface area contributed by atoms with E-state index in [2.05, 4.69) is 21.2 Å². The van der Waals surface area contributed by atoms with Crippen molar-refractivity contribution in [1.29, 1.82) is 0 Å². The Balaban J connectivity index is 1.29. The summed E-state index contributed by atoms with van der Waals surface area (Å²) in [5.41, 5.74) is 2.56. The minimum atomic E-state index is -0.607. The number of rotatable bonds is 10. The molecule has 3 amide bonds. The van der Waals surface area contributed by atoms with Gasteiger partial charge in [-0.05, 0) is 102 Å². The molecule has 0 spiro atoms. The molecule has 1 N–H and O–H groups in total. The van der Waals surface area contributed by atoms with Gasteiger partial charge in [-0.2, -0.15) is 0 Å². The Morgan fingerprint density at radius 1 is 1.13 bits per heavy atom. The first kappa shape index (κ1) is 33.3. The molecular weight excluding hydrogens is 727 g/mol. The van der Waals surface area contributed by atoms with Crippen LogP contribution in [0.15, 0.2) is 39.7 Å². The molecule has 1 fully saturated rings. The van der Waals surface area contributed by atoms with E-state index in [1.54, 1.807) is 43.3 Å². The van der Waals surface area contributed by atoms with E-state index < -0.39 is 29.6 Å². The molecule has 2 heterocycles. The molecule has 0 radical (unpaired) electrons. The smallest absolute Gasteiger partial charge is 0.341 e. The highest BCUT2D eigenvalue weighted by Crippen LogP contribution is 2.41. The van der Waals surface area contributed by atoms with Crippen LogP contribution in [-0.4, -0.2) is 48.2 Å². The van der Waals surface area contributed by atoms with Crippen LogP contribution >= 0.6 is 62.2 Å². The zero-order valence-corrected chi connectivity index (χ0v) is 28.9. The number of aryl methyl sites for hydroxylation is 1. The highest BCUT2D eigenvalue weighted by molar-refractivity contribution is 9.10. The Morgan fingerprint density at radius 2 is 1.91 bits per heavy atom. The zero-order valence-electron chi connectivity index (χ0n) is 24.2. The van der Waals surface area contributed by atoms with Crippen LogP contribution in [0.3, 0.4) is 0 Å². The maximum atomic E-state index is 13.2. The lowest BCUT2D eigenvalue weighted by molar-refractivity contribution is -0.127. The maximum Gasteiger partial charge on any atom is 0.341 e. The molecule has 1 aromatic heterocycles. The van der Waals surface area contributed by atoms with Crippen LogP contribution in [-0.2, 0) is 33.8 Å². The van der Waals surface area contributed by atoms with Crippen molar-refractivity contribution in [3.63, 3.8) is 0 Å². The number of thioether (sulfide) groups is 1. The summed E-state index contributed by atoms with van der Waals surface area (Å²) < 4.78 is 17.3. The van der Waals surface area contributed by atoms with Gasteiger partial charge >= 0.3 is 5.97 Å². The number of amides is 3. The Kier molecular flexibility index (Phi) is 10.8. The van der Waals surface area contributed by atoms with Gasteiger partial charge in [-0.3, -0.25) is 19.3 Å². The molecule has 0 unspecified atom stereocenters. The maximum absolute atomic E-state index is 13.2. The van der Waals surface area contributed by atoms with Crippen LogP contribution in [0.5, 0.6) is 11.5 Å². The standard InChI is InChI=1S/C31H27BrCl2N2O7S2/c1-3-42-30(39)26-19-6-4-5-7-23(19)44-28(26)35-25(37)14-36-29(38)24(45-31(36)40)12-16-10-20(32)27(22(11-16)41-2)43-15-17-8-9-18(33)13-21(17)34/h8-13H,3-7,14-15H2,1-2H3,(H,35,37)/b24-12+. The minimum Gasteiger partial charge on any atom is -0.493 e. The monoisotopic (exact) mass is 752 g/mol. The molecular formula is C31H27BrCl2N2O7S2.